The quantitative estimate of drug-likeness (QED) is 0.500. The van der Waals surface area contributed by atoms with Crippen LogP contribution in [0.15, 0.2) is 82.2 Å². The zero-order valence-electron chi connectivity index (χ0n) is 22.7. The minimum absolute atomic E-state index is 0.0213. The third-order valence-corrected chi connectivity index (χ3v) is 9.40. The van der Waals surface area contributed by atoms with Crippen molar-refractivity contribution in [2.24, 2.45) is 5.73 Å². The van der Waals surface area contributed by atoms with Crippen LogP contribution in [0.2, 0.25) is 0 Å². The van der Waals surface area contributed by atoms with Crippen LogP contribution in [-0.4, -0.2) is 52.0 Å². The van der Waals surface area contributed by atoms with Crippen LogP contribution in [-0.2, 0) is 29.1 Å². The summed E-state index contributed by atoms with van der Waals surface area (Å²) in [6.07, 6.45) is 4.70. The van der Waals surface area contributed by atoms with Crippen molar-refractivity contribution >= 4 is 27.6 Å². The predicted octanol–water partition coefficient (Wildman–Crippen LogP) is 3.54. The molecule has 1 saturated carbocycles. The Morgan fingerprint density at radius 1 is 0.975 bits per heavy atom. The predicted molar refractivity (Wildman–Crippen MR) is 148 cm³/mol. The third kappa shape index (κ3) is 5.20. The van der Waals surface area contributed by atoms with E-state index < -0.39 is 27.9 Å². The van der Waals surface area contributed by atoms with Crippen molar-refractivity contribution in [1.82, 2.24) is 4.31 Å². The lowest BCUT2D eigenvalue weighted by molar-refractivity contribution is -0.139. The van der Waals surface area contributed by atoms with Crippen LogP contribution < -0.4 is 10.6 Å². The number of carbonyl (C=O) groups is 2. The first-order valence-corrected chi connectivity index (χ1v) is 14.3. The van der Waals surface area contributed by atoms with Gasteiger partial charge in [0.05, 0.1) is 42.2 Å². The first-order valence-electron chi connectivity index (χ1n) is 12.9. The van der Waals surface area contributed by atoms with Gasteiger partial charge in [-0.15, -0.1) is 0 Å². The largest absolute Gasteiger partial charge is 0.466 e. The van der Waals surface area contributed by atoms with E-state index in [1.165, 1.54) is 40.6 Å². The number of nitrogens with zero attached hydrogens (tertiary/aromatic N) is 3. The van der Waals surface area contributed by atoms with Gasteiger partial charge in [-0.2, -0.15) is 9.57 Å². The number of nitrogens with two attached hydrogens (primary N) is 1. The Balaban J connectivity index is 1.85. The molecule has 0 saturated heterocycles. The van der Waals surface area contributed by atoms with Crippen molar-refractivity contribution in [2.45, 2.75) is 49.0 Å². The van der Waals surface area contributed by atoms with Gasteiger partial charge in [0, 0.05) is 18.8 Å². The molecule has 1 atom stereocenters. The molecule has 0 bridgehead atoms. The van der Waals surface area contributed by atoms with E-state index >= 15 is 0 Å². The number of esters is 2. The summed E-state index contributed by atoms with van der Waals surface area (Å²) >= 11 is 0. The Hall–Kier alpha value is -4.14. The lowest BCUT2D eigenvalue weighted by Crippen LogP contribution is -2.41. The molecule has 1 fully saturated rings. The third-order valence-electron chi connectivity index (χ3n) is 7.47. The summed E-state index contributed by atoms with van der Waals surface area (Å²) in [4.78, 5) is 27.7. The first-order chi connectivity index (χ1) is 19.2. The smallest absolute Gasteiger partial charge is 0.355 e. The summed E-state index contributed by atoms with van der Waals surface area (Å²) in [5, 5.41) is 10.2. The van der Waals surface area contributed by atoms with Gasteiger partial charge in [0.25, 0.3) is 0 Å². The monoisotopic (exact) mass is 564 g/mol. The minimum Gasteiger partial charge on any atom is -0.466 e. The van der Waals surface area contributed by atoms with Gasteiger partial charge >= 0.3 is 11.9 Å². The summed E-state index contributed by atoms with van der Waals surface area (Å²) < 4.78 is 38.2. The molecule has 2 aromatic rings. The summed E-state index contributed by atoms with van der Waals surface area (Å²) in [7, 11) is 0.147. The second-order valence-electron chi connectivity index (χ2n) is 9.64. The normalized spacial score (nSPS) is 18.5. The number of hydrogen-bond acceptors (Lipinski definition) is 9. The van der Waals surface area contributed by atoms with Crippen molar-refractivity contribution < 1.29 is 27.5 Å². The Bertz CT molecular complexity index is 1490. The van der Waals surface area contributed by atoms with E-state index in [1.807, 2.05) is 0 Å². The van der Waals surface area contributed by atoms with Gasteiger partial charge in [0.1, 0.15) is 11.5 Å². The Labute approximate surface area is 234 Å². The molecule has 11 heteroatoms. The molecule has 40 heavy (non-hydrogen) atoms. The lowest BCUT2D eigenvalue weighted by atomic mass is 9.81. The van der Waals surface area contributed by atoms with Crippen LogP contribution in [0.3, 0.4) is 0 Å². The number of benzene rings is 2. The molecule has 210 valence electrons. The summed E-state index contributed by atoms with van der Waals surface area (Å²) in [6, 6.07) is 16.5. The lowest BCUT2D eigenvalue weighted by Gasteiger charge is -2.36. The van der Waals surface area contributed by atoms with Gasteiger partial charge < -0.3 is 15.2 Å². The zero-order chi connectivity index (χ0) is 29.0. The standard InChI is InChI=1S/C29H32N4O6S/c1-32(20-12-8-5-9-13-20)40(36,37)22-16-14-21(15-17-22)33-26(29(35)39-3)25(28(34)38-2)24(23(18-30)27(33)31)19-10-6-4-7-11-19/h4,6-7,10-11,14-17,20,24H,5,8-9,12-13,31H2,1-3H3. The fourth-order valence-electron chi connectivity index (χ4n) is 5.36. The molecule has 4 rings (SSSR count). The van der Waals surface area contributed by atoms with E-state index in [9.17, 15) is 23.3 Å². The number of methoxy groups -OCH3 is 2. The Morgan fingerprint density at radius 3 is 2.12 bits per heavy atom. The highest BCUT2D eigenvalue weighted by molar-refractivity contribution is 7.89. The second kappa shape index (κ2) is 11.9. The van der Waals surface area contributed by atoms with Crippen molar-refractivity contribution in [1.29, 1.82) is 5.26 Å². The molecule has 1 aliphatic carbocycles. The number of ether oxygens (including phenoxy) is 2. The number of anilines is 1. The number of sulfonamides is 1. The molecule has 2 N–H and O–H groups in total. The maximum Gasteiger partial charge on any atom is 0.355 e. The molecule has 2 aliphatic rings. The highest BCUT2D eigenvalue weighted by Gasteiger charge is 2.43. The van der Waals surface area contributed by atoms with Crippen molar-refractivity contribution in [3.63, 3.8) is 0 Å². The van der Waals surface area contributed by atoms with Crippen LogP contribution in [0.1, 0.15) is 43.6 Å². The van der Waals surface area contributed by atoms with Gasteiger partial charge in [0.15, 0.2) is 0 Å². The van der Waals surface area contributed by atoms with E-state index in [0.29, 0.717) is 5.56 Å². The van der Waals surface area contributed by atoms with Gasteiger partial charge in [-0.25, -0.2) is 18.0 Å². The van der Waals surface area contributed by atoms with Crippen LogP contribution in [0, 0.1) is 11.3 Å². The van der Waals surface area contributed by atoms with Gasteiger partial charge in [-0.1, -0.05) is 49.6 Å². The Morgan fingerprint density at radius 2 is 1.57 bits per heavy atom. The van der Waals surface area contributed by atoms with E-state index in [-0.39, 0.29) is 39.3 Å². The fraction of sp³-hybridized carbons (Fsp3) is 0.345. The van der Waals surface area contributed by atoms with Crippen LogP contribution >= 0.6 is 0 Å². The molecular weight excluding hydrogens is 532 g/mol. The van der Waals surface area contributed by atoms with E-state index in [2.05, 4.69) is 6.07 Å². The van der Waals surface area contributed by atoms with E-state index in [0.717, 1.165) is 39.2 Å². The fourth-order valence-corrected chi connectivity index (χ4v) is 6.77. The van der Waals surface area contributed by atoms with Crippen LogP contribution in [0.25, 0.3) is 0 Å². The van der Waals surface area contributed by atoms with E-state index in [1.54, 1.807) is 37.4 Å². The SMILES string of the molecule is COC(=O)C1=C(C(=O)OC)N(c2ccc(S(=O)(=O)N(C)C3CCCCC3)cc2)C(N)=C(C#N)C1c1ccccc1. The van der Waals surface area contributed by atoms with Crippen molar-refractivity contribution in [2.75, 3.05) is 26.2 Å². The summed E-state index contributed by atoms with van der Waals surface area (Å²) in [6.45, 7) is 0. The van der Waals surface area contributed by atoms with Crippen LogP contribution in [0.4, 0.5) is 5.69 Å². The average molecular weight is 565 g/mol. The molecule has 1 aliphatic heterocycles. The van der Waals surface area contributed by atoms with Gasteiger partial charge in [-0.3, -0.25) is 4.90 Å². The molecule has 0 radical (unpaired) electrons. The number of rotatable bonds is 7. The molecule has 0 amide bonds. The molecule has 0 spiro atoms. The maximum absolute atomic E-state index is 13.4. The highest BCUT2D eigenvalue weighted by atomic mass is 32.2. The molecule has 2 aromatic carbocycles. The maximum atomic E-state index is 13.4. The molecule has 1 unspecified atom stereocenters. The first kappa shape index (κ1) is 28.9. The van der Waals surface area contributed by atoms with E-state index in [4.69, 9.17) is 15.2 Å². The highest BCUT2D eigenvalue weighted by Crippen LogP contribution is 2.43. The molecule has 0 aromatic heterocycles. The number of hydrogen-bond donors (Lipinski definition) is 1. The zero-order valence-corrected chi connectivity index (χ0v) is 23.5. The molecular formula is C29H32N4O6S. The molecule has 1 heterocycles. The average Bonchev–Trinajstić information content (AvgIpc) is 3.00. The topological polar surface area (TPSA) is 143 Å². The number of carbonyl (C=O) groups excluding carboxylic acids is 2. The van der Waals surface area contributed by atoms with Crippen molar-refractivity contribution in [3.8, 4) is 6.07 Å². The summed E-state index contributed by atoms with van der Waals surface area (Å²) in [5.41, 5.74) is 6.99. The Kier molecular flexibility index (Phi) is 8.61. The number of nitriles is 1. The summed E-state index contributed by atoms with van der Waals surface area (Å²) in [5.74, 6) is -2.81. The van der Waals surface area contributed by atoms with Crippen molar-refractivity contribution in [3.05, 3.63) is 82.8 Å². The number of allylic oxidation sites excluding steroid dienone is 1. The second-order valence-corrected chi connectivity index (χ2v) is 11.6. The van der Waals surface area contributed by atoms with Gasteiger partial charge in [0.2, 0.25) is 10.0 Å². The minimum atomic E-state index is -3.78. The van der Waals surface area contributed by atoms with Gasteiger partial charge in [-0.05, 0) is 42.7 Å². The van der Waals surface area contributed by atoms with Crippen LogP contribution in [0.5, 0.6) is 0 Å². The molecule has 10 nitrogen and oxygen atoms in total.